The monoisotopic (exact) mass is 471 g/mol. The van der Waals surface area contributed by atoms with Crippen LogP contribution in [0.25, 0.3) is 22.8 Å². The quantitative estimate of drug-likeness (QED) is 0.425. The van der Waals surface area contributed by atoms with Crippen LogP contribution in [0.1, 0.15) is 56.7 Å². The molecule has 1 aliphatic rings. The Balaban J connectivity index is 1.35. The fourth-order valence-corrected chi connectivity index (χ4v) is 4.57. The highest BCUT2D eigenvalue weighted by Crippen LogP contribution is 2.33. The normalized spacial score (nSPS) is 16.6. The summed E-state index contributed by atoms with van der Waals surface area (Å²) in [7, 11) is 0. The van der Waals surface area contributed by atoms with E-state index in [9.17, 15) is 9.90 Å². The molecule has 2 atom stereocenters. The van der Waals surface area contributed by atoms with Crippen LogP contribution >= 0.6 is 0 Å². The van der Waals surface area contributed by atoms with Crippen molar-refractivity contribution in [2.45, 2.75) is 58.5 Å². The second-order valence-corrected chi connectivity index (χ2v) is 9.81. The van der Waals surface area contributed by atoms with Crippen LogP contribution in [0.5, 0.6) is 0 Å². The summed E-state index contributed by atoms with van der Waals surface area (Å²) in [5.74, 6) is -0.0140. The third-order valence-corrected chi connectivity index (χ3v) is 7.21. The van der Waals surface area contributed by atoms with E-state index in [0.29, 0.717) is 11.7 Å². The maximum absolute atomic E-state index is 11.6. The number of hydrogen-bond acceptors (Lipinski definition) is 6. The summed E-state index contributed by atoms with van der Waals surface area (Å²) in [6, 6.07) is 12.0. The number of nitrogens with zero attached hydrogens (tertiary/aromatic N) is 7. The molecule has 9 heteroatoms. The summed E-state index contributed by atoms with van der Waals surface area (Å²) in [5, 5.41) is 22.2. The van der Waals surface area contributed by atoms with Gasteiger partial charge in [0.1, 0.15) is 5.69 Å². The Hall–Kier alpha value is -3.88. The van der Waals surface area contributed by atoms with Crippen molar-refractivity contribution in [3.8, 4) is 22.8 Å². The molecular formula is C26H29N7O2. The highest BCUT2D eigenvalue weighted by Gasteiger charge is 2.36. The van der Waals surface area contributed by atoms with Crippen LogP contribution in [0.15, 0.2) is 55.1 Å². The van der Waals surface area contributed by atoms with Gasteiger partial charge in [0, 0.05) is 30.4 Å². The molecular weight excluding hydrogens is 442 g/mol. The average Bonchev–Trinajstić information content (AvgIpc) is 3.54. The van der Waals surface area contributed by atoms with Crippen LogP contribution in [0.3, 0.4) is 0 Å². The van der Waals surface area contributed by atoms with Crippen LogP contribution in [0.2, 0.25) is 0 Å². The van der Waals surface area contributed by atoms with E-state index in [1.54, 1.807) is 27.0 Å². The number of aliphatic carboxylic acids is 1. The van der Waals surface area contributed by atoms with Crippen LogP contribution in [0.4, 0.5) is 0 Å². The molecule has 9 nitrogen and oxygen atoms in total. The molecule has 0 bridgehead atoms. The van der Waals surface area contributed by atoms with E-state index in [4.69, 9.17) is 0 Å². The van der Waals surface area contributed by atoms with E-state index >= 15 is 0 Å². The fraction of sp³-hybridized carbons (Fsp3) is 0.385. The molecule has 0 aliphatic heterocycles. The first kappa shape index (κ1) is 22.9. The lowest BCUT2D eigenvalue weighted by Gasteiger charge is -2.25. The fourth-order valence-electron chi connectivity index (χ4n) is 4.57. The van der Waals surface area contributed by atoms with Crippen molar-refractivity contribution in [2.24, 2.45) is 5.41 Å². The number of rotatable bonds is 7. The van der Waals surface area contributed by atoms with Gasteiger partial charge in [-0.3, -0.25) is 9.78 Å². The van der Waals surface area contributed by atoms with E-state index in [-0.39, 0.29) is 0 Å². The zero-order chi connectivity index (χ0) is 24.6. The van der Waals surface area contributed by atoms with Gasteiger partial charge in [-0.1, -0.05) is 24.3 Å². The van der Waals surface area contributed by atoms with Crippen molar-refractivity contribution in [3.05, 3.63) is 66.2 Å². The van der Waals surface area contributed by atoms with Crippen molar-refractivity contribution in [2.75, 3.05) is 0 Å². The number of imidazole rings is 1. The third-order valence-electron chi connectivity index (χ3n) is 7.21. The minimum atomic E-state index is -1.03. The number of pyridine rings is 1. The number of fused-ring (bicyclic) bond motifs is 1. The summed E-state index contributed by atoms with van der Waals surface area (Å²) >= 11 is 0. The molecule has 4 aromatic rings. The van der Waals surface area contributed by atoms with Crippen LogP contribution in [-0.4, -0.2) is 45.8 Å². The predicted octanol–water partition coefficient (Wildman–Crippen LogP) is 4.39. The first-order chi connectivity index (χ1) is 16.8. The molecule has 0 saturated heterocycles. The number of carboxylic acid groups (broad SMARTS) is 1. The topological polar surface area (TPSA) is 112 Å². The Morgan fingerprint density at radius 1 is 1.20 bits per heavy atom. The lowest BCUT2D eigenvalue weighted by atomic mass is 9.83. The molecule has 5 rings (SSSR count). The van der Waals surface area contributed by atoms with Crippen LogP contribution in [0, 0.1) is 5.41 Å². The third kappa shape index (κ3) is 4.45. The van der Waals surface area contributed by atoms with Crippen molar-refractivity contribution in [1.29, 1.82) is 0 Å². The van der Waals surface area contributed by atoms with E-state index < -0.39 is 17.4 Å². The molecule has 0 saturated carbocycles. The van der Waals surface area contributed by atoms with E-state index in [1.807, 2.05) is 24.7 Å². The molecule has 3 aromatic heterocycles. The summed E-state index contributed by atoms with van der Waals surface area (Å²) in [5.41, 5.74) is 4.12. The Morgan fingerprint density at radius 2 is 2.03 bits per heavy atom. The molecule has 1 aromatic carbocycles. The molecule has 2 unspecified atom stereocenters. The van der Waals surface area contributed by atoms with Gasteiger partial charge in [-0.25, -0.2) is 4.98 Å². The Labute approximate surface area is 203 Å². The zero-order valence-electron chi connectivity index (χ0n) is 20.2. The summed E-state index contributed by atoms with van der Waals surface area (Å²) < 4.78 is 2.14. The summed E-state index contributed by atoms with van der Waals surface area (Å²) in [6.45, 7) is 5.96. The number of aromatic nitrogens is 7. The molecule has 0 amide bonds. The Bertz CT molecular complexity index is 1360. The second kappa shape index (κ2) is 9.05. The van der Waals surface area contributed by atoms with Gasteiger partial charge in [-0.15, -0.1) is 10.2 Å². The minimum absolute atomic E-state index is 0.417. The SMILES string of the molecule is CC(n1nnc(-c2ccnc(-c3cn(CC4CCCc5ccccc54)cn3)c2)n1)C(C)(C)C(=O)O. The number of hydrogen-bond donors (Lipinski definition) is 1. The molecule has 35 heavy (non-hydrogen) atoms. The van der Waals surface area contributed by atoms with Gasteiger partial charge in [0.2, 0.25) is 5.82 Å². The van der Waals surface area contributed by atoms with Gasteiger partial charge >= 0.3 is 5.97 Å². The lowest BCUT2D eigenvalue weighted by Crippen LogP contribution is -2.34. The van der Waals surface area contributed by atoms with Gasteiger partial charge in [-0.05, 0) is 68.5 Å². The second-order valence-electron chi connectivity index (χ2n) is 9.81. The van der Waals surface area contributed by atoms with Crippen molar-refractivity contribution >= 4 is 5.97 Å². The smallest absolute Gasteiger partial charge is 0.311 e. The number of carboxylic acids is 1. The first-order valence-corrected chi connectivity index (χ1v) is 11.9. The Morgan fingerprint density at radius 3 is 2.86 bits per heavy atom. The molecule has 0 spiro atoms. The zero-order valence-corrected chi connectivity index (χ0v) is 20.2. The van der Waals surface area contributed by atoms with Crippen molar-refractivity contribution in [3.63, 3.8) is 0 Å². The molecule has 1 aliphatic carbocycles. The first-order valence-electron chi connectivity index (χ1n) is 11.9. The van der Waals surface area contributed by atoms with E-state index in [2.05, 4.69) is 54.2 Å². The van der Waals surface area contributed by atoms with Gasteiger partial charge in [0.15, 0.2) is 0 Å². The van der Waals surface area contributed by atoms with Crippen molar-refractivity contribution in [1.82, 2.24) is 34.7 Å². The van der Waals surface area contributed by atoms with Gasteiger partial charge in [-0.2, -0.15) is 4.80 Å². The standard InChI is InChI=1S/C26H29N7O2/c1-17(26(2,3)25(34)35)33-30-24(29-31-33)19-11-12-27-22(13-19)23-15-32(16-28-23)14-20-9-6-8-18-7-4-5-10-21(18)20/h4-5,7,10-13,15-17,20H,6,8-9,14H2,1-3H3,(H,34,35). The van der Waals surface area contributed by atoms with Gasteiger partial charge in [0.05, 0.1) is 23.5 Å². The van der Waals surface area contributed by atoms with Crippen molar-refractivity contribution < 1.29 is 9.90 Å². The number of aryl methyl sites for hydroxylation is 1. The molecule has 3 heterocycles. The molecule has 0 fully saturated rings. The molecule has 180 valence electrons. The van der Waals surface area contributed by atoms with Crippen LogP contribution < -0.4 is 0 Å². The van der Waals surface area contributed by atoms with E-state index in [1.165, 1.54) is 28.8 Å². The maximum atomic E-state index is 11.6. The van der Waals surface area contributed by atoms with Gasteiger partial charge < -0.3 is 9.67 Å². The largest absolute Gasteiger partial charge is 0.481 e. The predicted molar refractivity (Wildman–Crippen MR) is 131 cm³/mol. The minimum Gasteiger partial charge on any atom is -0.481 e. The lowest BCUT2D eigenvalue weighted by molar-refractivity contribution is -0.149. The highest BCUT2D eigenvalue weighted by molar-refractivity contribution is 5.74. The average molecular weight is 472 g/mol. The van der Waals surface area contributed by atoms with E-state index in [0.717, 1.165) is 29.9 Å². The Kier molecular flexibility index (Phi) is 5.92. The maximum Gasteiger partial charge on any atom is 0.311 e. The molecule has 1 N–H and O–H groups in total. The van der Waals surface area contributed by atoms with Crippen LogP contribution in [-0.2, 0) is 17.8 Å². The number of tetrazole rings is 1. The number of carbonyl (C=O) groups is 1. The molecule has 0 radical (unpaired) electrons. The highest BCUT2D eigenvalue weighted by atomic mass is 16.4. The summed E-state index contributed by atoms with van der Waals surface area (Å²) in [6.07, 6.45) is 9.14. The van der Waals surface area contributed by atoms with Gasteiger partial charge in [0.25, 0.3) is 0 Å². The number of benzene rings is 1. The summed E-state index contributed by atoms with van der Waals surface area (Å²) in [4.78, 5) is 22.1.